The zero-order valence-electron chi connectivity index (χ0n) is 11.3. The van der Waals surface area contributed by atoms with Crippen LogP contribution in [0.15, 0.2) is 10.6 Å². The van der Waals surface area contributed by atoms with Crippen LogP contribution in [-0.2, 0) is 11.3 Å². The van der Waals surface area contributed by atoms with Crippen molar-refractivity contribution in [1.29, 1.82) is 0 Å². The molecule has 6 nitrogen and oxygen atoms in total. The van der Waals surface area contributed by atoms with Crippen LogP contribution in [0.1, 0.15) is 41.9 Å². The lowest BCUT2D eigenvalue weighted by molar-refractivity contribution is 0.0594. The second-order valence-electron chi connectivity index (χ2n) is 4.84. The van der Waals surface area contributed by atoms with E-state index in [4.69, 9.17) is 15.0 Å². The van der Waals surface area contributed by atoms with Gasteiger partial charge in [0.1, 0.15) is 6.61 Å². The summed E-state index contributed by atoms with van der Waals surface area (Å²) in [7, 11) is 1.58. The van der Waals surface area contributed by atoms with Crippen LogP contribution >= 0.6 is 0 Å². The predicted molar refractivity (Wildman–Crippen MR) is 69.6 cm³/mol. The quantitative estimate of drug-likeness (QED) is 0.865. The van der Waals surface area contributed by atoms with E-state index in [-0.39, 0.29) is 11.9 Å². The van der Waals surface area contributed by atoms with E-state index in [9.17, 15) is 4.79 Å². The van der Waals surface area contributed by atoms with Crippen LogP contribution in [0.2, 0.25) is 0 Å². The van der Waals surface area contributed by atoms with Crippen LogP contribution in [-0.4, -0.2) is 42.2 Å². The Morgan fingerprint density at radius 2 is 2.47 bits per heavy atom. The van der Waals surface area contributed by atoms with Crippen LogP contribution < -0.4 is 5.73 Å². The molecule has 1 aromatic heterocycles. The summed E-state index contributed by atoms with van der Waals surface area (Å²) in [5.41, 5.74) is 5.97. The van der Waals surface area contributed by atoms with E-state index >= 15 is 0 Å². The van der Waals surface area contributed by atoms with E-state index in [1.165, 1.54) is 0 Å². The van der Waals surface area contributed by atoms with Gasteiger partial charge in [-0.2, -0.15) is 0 Å². The monoisotopic (exact) mass is 267 g/mol. The zero-order valence-corrected chi connectivity index (χ0v) is 11.3. The standard InChI is InChI=1S/C13H21N3O3/c1-18-9-11-8-12(15-19-11)13(17)16-7-3-2-4-10(16)5-6-14/h8,10H,2-7,9,14H2,1H3/t10-/m1/s1. The molecule has 19 heavy (non-hydrogen) atoms. The molecule has 1 fully saturated rings. The Hall–Kier alpha value is -1.40. The third-order valence-corrected chi connectivity index (χ3v) is 3.45. The Balaban J connectivity index is 2.07. The summed E-state index contributed by atoms with van der Waals surface area (Å²) in [4.78, 5) is 14.3. The minimum Gasteiger partial charge on any atom is -0.377 e. The number of nitrogens with zero attached hydrogens (tertiary/aromatic N) is 2. The van der Waals surface area contributed by atoms with Gasteiger partial charge in [-0.15, -0.1) is 0 Å². The van der Waals surface area contributed by atoms with Crippen LogP contribution in [0.3, 0.4) is 0 Å². The molecule has 2 N–H and O–H groups in total. The molecular formula is C13H21N3O3. The number of likely N-dealkylation sites (tertiary alicyclic amines) is 1. The molecule has 0 saturated carbocycles. The molecule has 0 unspecified atom stereocenters. The van der Waals surface area contributed by atoms with Crippen molar-refractivity contribution < 1.29 is 14.1 Å². The Morgan fingerprint density at radius 3 is 3.21 bits per heavy atom. The second kappa shape index (κ2) is 6.68. The molecular weight excluding hydrogens is 246 g/mol. The van der Waals surface area contributed by atoms with E-state index < -0.39 is 0 Å². The van der Waals surface area contributed by atoms with Crippen molar-refractivity contribution in [2.45, 2.75) is 38.3 Å². The van der Waals surface area contributed by atoms with E-state index in [0.29, 0.717) is 24.6 Å². The maximum absolute atomic E-state index is 12.4. The SMILES string of the molecule is COCc1cc(C(=O)N2CCCC[C@@H]2CCN)no1. The highest BCUT2D eigenvalue weighted by Crippen LogP contribution is 2.21. The minimum atomic E-state index is -0.0655. The largest absolute Gasteiger partial charge is 0.377 e. The number of aromatic nitrogens is 1. The number of rotatable bonds is 5. The first-order valence-electron chi connectivity index (χ1n) is 6.72. The van der Waals surface area contributed by atoms with E-state index in [0.717, 1.165) is 32.2 Å². The molecule has 1 aliphatic heterocycles. The number of carbonyl (C=O) groups excluding carboxylic acids is 1. The van der Waals surface area contributed by atoms with E-state index in [2.05, 4.69) is 5.16 Å². The van der Waals surface area contributed by atoms with Crippen molar-refractivity contribution in [3.05, 3.63) is 17.5 Å². The molecule has 1 saturated heterocycles. The third-order valence-electron chi connectivity index (χ3n) is 3.45. The van der Waals surface area contributed by atoms with Crippen molar-refractivity contribution in [2.75, 3.05) is 20.2 Å². The Labute approximate surface area is 112 Å². The van der Waals surface area contributed by atoms with Gasteiger partial charge in [-0.05, 0) is 32.2 Å². The van der Waals surface area contributed by atoms with Gasteiger partial charge in [-0.3, -0.25) is 4.79 Å². The van der Waals surface area contributed by atoms with Gasteiger partial charge in [0.05, 0.1) is 0 Å². The Morgan fingerprint density at radius 1 is 1.63 bits per heavy atom. The van der Waals surface area contributed by atoms with Crippen LogP contribution in [0, 0.1) is 0 Å². The number of ether oxygens (including phenoxy) is 1. The van der Waals surface area contributed by atoms with Crippen LogP contribution in [0.25, 0.3) is 0 Å². The van der Waals surface area contributed by atoms with Gasteiger partial charge in [0, 0.05) is 25.8 Å². The average Bonchev–Trinajstić information content (AvgIpc) is 2.88. The molecule has 0 spiro atoms. The smallest absolute Gasteiger partial charge is 0.276 e. The summed E-state index contributed by atoms with van der Waals surface area (Å²) in [6.07, 6.45) is 4.05. The topological polar surface area (TPSA) is 81.6 Å². The van der Waals surface area contributed by atoms with Crippen molar-refractivity contribution >= 4 is 5.91 Å². The molecule has 2 rings (SSSR count). The normalized spacial score (nSPS) is 19.7. The lowest BCUT2D eigenvalue weighted by Crippen LogP contribution is -2.44. The summed E-state index contributed by atoms with van der Waals surface area (Å²) >= 11 is 0. The molecule has 1 aliphatic rings. The molecule has 0 aliphatic carbocycles. The molecule has 1 aromatic rings. The zero-order chi connectivity index (χ0) is 13.7. The maximum atomic E-state index is 12.4. The van der Waals surface area contributed by atoms with Gasteiger partial charge in [-0.25, -0.2) is 0 Å². The minimum absolute atomic E-state index is 0.0655. The van der Waals surface area contributed by atoms with E-state index in [1.54, 1.807) is 13.2 Å². The van der Waals surface area contributed by atoms with Crippen molar-refractivity contribution in [3.8, 4) is 0 Å². The van der Waals surface area contributed by atoms with E-state index in [1.807, 2.05) is 4.90 Å². The van der Waals surface area contributed by atoms with Gasteiger partial charge in [-0.1, -0.05) is 5.16 Å². The molecule has 106 valence electrons. The van der Waals surface area contributed by atoms with Crippen LogP contribution in [0.4, 0.5) is 0 Å². The van der Waals surface area contributed by atoms with Gasteiger partial charge in [0.15, 0.2) is 11.5 Å². The van der Waals surface area contributed by atoms with Gasteiger partial charge < -0.3 is 19.9 Å². The fraction of sp³-hybridized carbons (Fsp3) is 0.692. The Kier molecular flexibility index (Phi) is 4.93. The number of nitrogens with two attached hydrogens (primary N) is 1. The van der Waals surface area contributed by atoms with Gasteiger partial charge >= 0.3 is 0 Å². The number of hydrogen-bond donors (Lipinski definition) is 1. The first kappa shape index (κ1) is 14.0. The molecule has 0 bridgehead atoms. The fourth-order valence-electron chi connectivity index (χ4n) is 2.53. The predicted octanol–water partition coefficient (Wildman–Crippen LogP) is 1.16. The number of methoxy groups -OCH3 is 1. The van der Waals surface area contributed by atoms with Gasteiger partial charge in [0.25, 0.3) is 5.91 Å². The molecule has 1 amide bonds. The lowest BCUT2D eigenvalue weighted by Gasteiger charge is -2.35. The molecule has 0 aromatic carbocycles. The summed E-state index contributed by atoms with van der Waals surface area (Å²) in [6.45, 7) is 1.70. The summed E-state index contributed by atoms with van der Waals surface area (Å²) in [5, 5.41) is 3.83. The van der Waals surface area contributed by atoms with Crippen molar-refractivity contribution in [1.82, 2.24) is 10.1 Å². The number of amides is 1. The highest BCUT2D eigenvalue weighted by molar-refractivity contribution is 5.92. The summed E-state index contributed by atoms with van der Waals surface area (Å²) in [6, 6.07) is 1.88. The number of carbonyl (C=O) groups is 1. The highest BCUT2D eigenvalue weighted by atomic mass is 16.5. The summed E-state index contributed by atoms with van der Waals surface area (Å²) in [5.74, 6) is 0.502. The van der Waals surface area contributed by atoms with Crippen molar-refractivity contribution in [3.63, 3.8) is 0 Å². The highest BCUT2D eigenvalue weighted by Gasteiger charge is 2.28. The fourth-order valence-corrected chi connectivity index (χ4v) is 2.53. The Bertz CT molecular complexity index is 417. The number of piperidine rings is 1. The number of hydrogen-bond acceptors (Lipinski definition) is 5. The maximum Gasteiger partial charge on any atom is 0.276 e. The molecule has 2 heterocycles. The lowest BCUT2D eigenvalue weighted by atomic mass is 9.99. The summed E-state index contributed by atoms with van der Waals surface area (Å²) < 4.78 is 10.0. The first-order valence-corrected chi connectivity index (χ1v) is 6.72. The average molecular weight is 267 g/mol. The van der Waals surface area contributed by atoms with Crippen LogP contribution in [0.5, 0.6) is 0 Å². The third kappa shape index (κ3) is 3.33. The van der Waals surface area contributed by atoms with Gasteiger partial charge in [0.2, 0.25) is 0 Å². The molecule has 1 atom stereocenters. The molecule has 6 heteroatoms. The first-order chi connectivity index (χ1) is 9.26. The second-order valence-corrected chi connectivity index (χ2v) is 4.84. The van der Waals surface area contributed by atoms with Crippen molar-refractivity contribution in [2.24, 2.45) is 5.73 Å². The molecule has 0 radical (unpaired) electrons.